The van der Waals surface area contributed by atoms with Crippen LogP contribution in [0.5, 0.6) is 0 Å². The van der Waals surface area contributed by atoms with Crippen molar-refractivity contribution in [3.05, 3.63) is 164 Å². The SMILES string of the molecule is c1ccc2cc(-c3nc(-c4ccc(-n5c6ccc7ccccc7c6c6c7ccccc7ccc65)cc4)nc4sc5ccccc5c34)ccc2c1. The normalized spacial score (nSPS) is 12.0. The molecule has 3 heterocycles. The number of hydrogen-bond donors (Lipinski definition) is 0. The molecule has 0 aliphatic rings. The molecular weight excluding hydrogens is 627 g/mol. The lowest BCUT2D eigenvalue weighted by molar-refractivity contribution is 1.18. The number of nitrogens with zero attached hydrogens (tertiary/aromatic N) is 3. The van der Waals surface area contributed by atoms with Crippen LogP contribution in [-0.4, -0.2) is 14.5 Å². The van der Waals surface area contributed by atoms with Gasteiger partial charge in [0.15, 0.2) is 5.82 Å². The molecule has 0 saturated carbocycles. The first-order valence-electron chi connectivity index (χ1n) is 16.9. The number of benzene rings is 8. The molecule has 4 heteroatoms. The quantitative estimate of drug-likeness (QED) is 0.190. The van der Waals surface area contributed by atoms with Crippen LogP contribution >= 0.6 is 11.3 Å². The lowest BCUT2D eigenvalue weighted by atomic mass is 10.00. The van der Waals surface area contributed by atoms with E-state index in [0.717, 1.165) is 38.5 Å². The van der Waals surface area contributed by atoms with Crippen LogP contribution in [0.3, 0.4) is 0 Å². The van der Waals surface area contributed by atoms with Crippen LogP contribution in [0.4, 0.5) is 0 Å². The van der Waals surface area contributed by atoms with Crippen molar-refractivity contribution in [2.75, 3.05) is 0 Å². The van der Waals surface area contributed by atoms with E-state index in [9.17, 15) is 0 Å². The van der Waals surface area contributed by atoms with Crippen molar-refractivity contribution >= 4 is 85.8 Å². The van der Waals surface area contributed by atoms with Gasteiger partial charge in [-0.1, -0.05) is 115 Å². The third-order valence-corrected chi connectivity index (χ3v) is 11.3. The van der Waals surface area contributed by atoms with Crippen molar-refractivity contribution in [3.63, 3.8) is 0 Å². The summed E-state index contributed by atoms with van der Waals surface area (Å²) in [5.41, 5.74) is 6.57. The summed E-state index contributed by atoms with van der Waals surface area (Å²) in [4.78, 5) is 11.5. The highest BCUT2D eigenvalue weighted by atomic mass is 32.1. The van der Waals surface area contributed by atoms with Crippen molar-refractivity contribution in [2.24, 2.45) is 0 Å². The van der Waals surface area contributed by atoms with Crippen LogP contribution in [0, 0.1) is 0 Å². The minimum absolute atomic E-state index is 0.734. The van der Waals surface area contributed by atoms with Gasteiger partial charge in [0.05, 0.1) is 16.7 Å². The lowest BCUT2D eigenvalue weighted by Crippen LogP contribution is -1.96. The van der Waals surface area contributed by atoms with Crippen molar-refractivity contribution in [2.45, 2.75) is 0 Å². The molecule has 0 N–H and O–H groups in total. The molecule has 0 amide bonds. The van der Waals surface area contributed by atoms with E-state index in [1.807, 2.05) is 0 Å². The van der Waals surface area contributed by atoms with Gasteiger partial charge in [-0.05, 0) is 80.8 Å². The Bertz CT molecular complexity index is 3060. The Morgan fingerprint density at radius 1 is 0.420 bits per heavy atom. The second kappa shape index (κ2) is 10.6. The van der Waals surface area contributed by atoms with Gasteiger partial charge < -0.3 is 4.57 Å². The highest BCUT2D eigenvalue weighted by Gasteiger charge is 2.19. The van der Waals surface area contributed by atoms with E-state index in [2.05, 4.69) is 168 Å². The third-order valence-electron chi connectivity index (χ3n) is 10.2. The van der Waals surface area contributed by atoms with Gasteiger partial charge in [0.2, 0.25) is 0 Å². The van der Waals surface area contributed by atoms with E-state index in [0.29, 0.717) is 0 Å². The van der Waals surface area contributed by atoms with Gasteiger partial charge in [-0.15, -0.1) is 11.3 Å². The Labute approximate surface area is 291 Å². The van der Waals surface area contributed by atoms with Gasteiger partial charge >= 0.3 is 0 Å². The number of aromatic nitrogens is 3. The fourth-order valence-electron chi connectivity index (χ4n) is 7.88. The zero-order valence-electron chi connectivity index (χ0n) is 26.8. The summed E-state index contributed by atoms with van der Waals surface area (Å²) in [7, 11) is 0. The summed E-state index contributed by atoms with van der Waals surface area (Å²) in [5, 5.41) is 12.4. The second-order valence-corrected chi connectivity index (χ2v) is 14.0. The third kappa shape index (κ3) is 4.03. The molecule has 0 bridgehead atoms. The molecule has 0 aliphatic carbocycles. The molecule has 0 aliphatic heterocycles. The van der Waals surface area contributed by atoms with Crippen molar-refractivity contribution < 1.29 is 0 Å². The maximum absolute atomic E-state index is 5.32. The number of hydrogen-bond acceptors (Lipinski definition) is 3. The second-order valence-electron chi connectivity index (χ2n) is 13.0. The van der Waals surface area contributed by atoms with Gasteiger partial charge in [0.1, 0.15) is 4.83 Å². The average molecular weight is 654 g/mol. The minimum atomic E-state index is 0.734. The van der Waals surface area contributed by atoms with Gasteiger partial charge in [-0.25, -0.2) is 9.97 Å². The zero-order chi connectivity index (χ0) is 32.8. The minimum Gasteiger partial charge on any atom is -0.309 e. The Morgan fingerprint density at radius 2 is 0.980 bits per heavy atom. The summed E-state index contributed by atoms with van der Waals surface area (Å²) in [6, 6.07) is 59.0. The van der Waals surface area contributed by atoms with Gasteiger partial charge in [-0.3, -0.25) is 0 Å². The van der Waals surface area contributed by atoms with Gasteiger partial charge in [0, 0.05) is 43.1 Å². The van der Waals surface area contributed by atoms with E-state index in [1.165, 1.54) is 64.2 Å². The van der Waals surface area contributed by atoms with Gasteiger partial charge in [0.25, 0.3) is 0 Å². The molecule has 0 radical (unpaired) electrons. The largest absolute Gasteiger partial charge is 0.309 e. The van der Waals surface area contributed by atoms with Crippen molar-refractivity contribution in [3.8, 4) is 28.3 Å². The molecule has 232 valence electrons. The predicted molar refractivity (Wildman–Crippen MR) is 213 cm³/mol. The molecular formula is C46H27N3S. The molecule has 11 aromatic rings. The van der Waals surface area contributed by atoms with E-state index in [4.69, 9.17) is 9.97 Å². The molecule has 50 heavy (non-hydrogen) atoms. The molecule has 11 rings (SSSR count). The maximum Gasteiger partial charge on any atom is 0.161 e. The summed E-state index contributed by atoms with van der Waals surface area (Å²) >= 11 is 1.73. The number of thiophene rings is 1. The number of fused-ring (bicyclic) bond motifs is 11. The molecule has 0 unspecified atom stereocenters. The average Bonchev–Trinajstić information content (AvgIpc) is 3.74. The van der Waals surface area contributed by atoms with Crippen molar-refractivity contribution in [1.29, 1.82) is 0 Å². The molecule has 0 saturated heterocycles. The molecule has 8 aromatic carbocycles. The highest BCUT2D eigenvalue weighted by molar-refractivity contribution is 7.25. The van der Waals surface area contributed by atoms with Crippen LogP contribution in [0.25, 0.3) is 103 Å². The fourth-order valence-corrected chi connectivity index (χ4v) is 8.96. The first kappa shape index (κ1) is 27.6. The Balaban J connectivity index is 1.12. The van der Waals surface area contributed by atoms with E-state index >= 15 is 0 Å². The topological polar surface area (TPSA) is 30.7 Å². The van der Waals surface area contributed by atoms with Crippen molar-refractivity contribution in [1.82, 2.24) is 14.5 Å². The van der Waals surface area contributed by atoms with Crippen LogP contribution in [0.1, 0.15) is 0 Å². The zero-order valence-corrected chi connectivity index (χ0v) is 27.7. The molecule has 3 aromatic heterocycles. The Kier molecular flexibility index (Phi) is 5.83. The highest BCUT2D eigenvalue weighted by Crippen LogP contribution is 2.42. The van der Waals surface area contributed by atoms with Crippen LogP contribution in [-0.2, 0) is 0 Å². The van der Waals surface area contributed by atoms with Crippen LogP contribution < -0.4 is 0 Å². The van der Waals surface area contributed by atoms with Crippen LogP contribution in [0.15, 0.2) is 164 Å². The molecule has 0 fully saturated rings. The van der Waals surface area contributed by atoms with E-state index in [1.54, 1.807) is 11.3 Å². The number of rotatable bonds is 3. The summed E-state index contributed by atoms with van der Waals surface area (Å²) in [6.45, 7) is 0. The Morgan fingerprint density at radius 3 is 1.68 bits per heavy atom. The first-order valence-corrected chi connectivity index (χ1v) is 17.7. The van der Waals surface area contributed by atoms with Crippen LogP contribution in [0.2, 0.25) is 0 Å². The molecule has 0 spiro atoms. The smallest absolute Gasteiger partial charge is 0.161 e. The monoisotopic (exact) mass is 653 g/mol. The molecule has 0 atom stereocenters. The first-order chi connectivity index (χ1) is 24.8. The van der Waals surface area contributed by atoms with Gasteiger partial charge in [-0.2, -0.15) is 0 Å². The fraction of sp³-hybridized carbons (Fsp3) is 0. The summed E-state index contributed by atoms with van der Waals surface area (Å²) in [6.07, 6.45) is 0. The van der Waals surface area contributed by atoms with E-state index < -0.39 is 0 Å². The summed E-state index contributed by atoms with van der Waals surface area (Å²) in [5.74, 6) is 0.734. The summed E-state index contributed by atoms with van der Waals surface area (Å²) < 4.78 is 3.63. The predicted octanol–water partition coefficient (Wildman–Crippen LogP) is 12.7. The molecule has 3 nitrogen and oxygen atoms in total. The van der Waals surface area contributed by atoms with E-state index in [-0.39, 0.29) is 0 Å². The standard InChI is InChI=1S/C46H27N3S/c1-2-12-32-27-33(18-17-28(32)9-1)44-43-37-15-7-8-16-40(37)50-46(43)48-45(47-44)31-19-23-34(24-20-31)49-38-25-21-29-10-3-5-13-35(29)41(38)42-36-14-6-4-11-30(36)22-26-39(42)49/h1-27H. The lowest BCUT2D eigenvalue weighted by Gasteiger charge is -2.11. The Hall–Kier alpha value is -6.36. The maximum atomic E-state index is 5.32.